The highest BCUT2D eigenvalue weighted by Gasteiger charge is 2.34. The van der Waals surface area contributed by atoms with E-state index in [0.717, 1.165) is 17.7 Å². The van der Waals surface area contributed by atoms with Gasteiger partial charge in [0.15, 0.2) is 0 Å². The number of aryl methyl sites for hydroxylation is 1. The number of hydrogen-bond acceptors (Lipinski definition) is 5. The fourth-order valence-corrected chi connectivity index (χ4v) is 4.90. The maximum atomic E-state index is 12.7. The van der Waals surface area contributed by atoms with Crippen molar-refractivity contribution in [2.75, 3.05) is 16.8 Å². The van der Waals surface area contributed by atoms with Gasteiger partial charge in [0.25, 0.3) is 5.91 Å². The summed E-state index contributed by atoms with van der Waals surface area (Å²) in [4.78, 5) is 27.0. The van der Waals surface area contributed by atoms with E-state index in [2.05, 4.69) is 22.4 Å². The van der Waals surface area contributed by atoms with Crippen LogP contribution in [0.25, 0.3) is 0 Å². The Kier molecular flexibility index (Phi) is 6.04. The van der Waals surface area contributed by atoms with Gasteiger partial charge in [-0.2, -0.15) is 0 Å². The molecule has 1 aromatic heterocycles. The normalized spacial score (nSPS) is 16.2. The number of rotatable bonds is 5. The Morgan fingerprint density at radius 1 is 1.17 bits per heavy atom. The molecule has 0 radical (unpaired) electrons. The van der Waals surface area contributed by atoms with Gasteiger partial charge in [-0.3, -0.25) is 14.9 Å². The molecule has 2 amide bonds. The number of hydrogen-bond donors (Lipinski definition) is 1. The molecule has 1 unspecified atom stereocenters. The minimum atomic E-state index is -0.450. The number of nitrogens with zero attached hydrogens (tertiary/aromatic N) is 3. The number of carbonyl (C=O) groups is 2. The molecule has 0 saturated carbocycles. The summed E-state index contributed by atoms with van der Waals surface area (Å²) in [5.41, 5.74) is 2.27. The largest absolute Gasteiger partial charge is 0.311 e. The van der Waals surface area contributed by atoms with Gasteiger partial charge in [0, 0.05) is 24.6 Å². The number of nitrogens with one attached hydrogen (secondary N) is 1. The molecule has 2 aromatic carbocycles. The summed E-state index contributed by atoms with van der Waals surface area (Å²) in [6.07, 6.45) is 1.21. The number of para-hydroxylation sites is 1. The van der Waals surface area contributed by atoms with Crippen molar-refractivity contribution in [1.82, 2.24) is 10.2 Å². The van der Waals surface area contributed by atoms with E-state index in [1.807, 2.05) is 29.2 Å². The van der Waals surface area contributed by atoms with Crippen LogP contribution in [-0.4, -0.2) is 28.6 Å². The van der Waals surface area contributed by atoms with Gasteiger partial charge in [-0.05, 0) is 30.2 Å². The van der Waals surface area contributed by atoms with Crippen molar-refractivity contribution in [3.05, 3.63) is 68.6 Å². The van der Waals surface area contributed by atoms with E-state index in [9.17, 15) is 9.59 Å². The number of anilines is 2. The summed E-state index contributed by atoms with van der Waals surface area (Å²) >= 11 is 13.4. The summed E-state index contributed by atoms with van der Waals surface area (Å²) in [5.74, 6) is -0.465. The molecule has 1 aliphatic rings. The number of benzene rings is 2. The molecule has 1 N–H and O–H groups in total. The van der Waals surface area contributed by atoms with E-state index in [-0.39, 0.29) is 27.4 Å². The van der Waals surface area contributed by atoms with Crippen LogP contribution in [0.5, 0.6) is 0 Å². The smallest absolute Gasteiger partial charge is 0.260 e. The molecule has 4 rings (SSSR count). The molecule has 0 bridgehead atoms. The maximum absolute atomic E-state index is 12.7. The first-order chi connectivity index (χ1) is 14.5. The molecule has 30 heavy (non-hydrogen) atoms. The van der Waals surface area contributed by atoms with Gasteiger partial charge in [0.05, 0.1) is 15.6 Å². The quantitative estimate of drug-likeness (QED) is 0.568. The summed E-state index contributed by atoms with van der Waals surface area (Å²) in [6.45, 7) is 2.61. The zero-order chi connectivity index (χ0) is 21.3. The molecular formula is C21H18Cl2N4O2S. The van der Waals surface area contributed by atoms with E-state index >= 15 is 0 Å². The minimum absolute atomic E-state index is 0.0598. The average Bonchev–Trinajstić information content (AvgIpc) is 3.34. The van der Waals surface area contributed by atoms with E-state index in [1.165, 1.54) is 11.3 Å². The predicted molar refractivity (Wildman–Crippen MR) is 120 cm³/mol. The van der Waals surface area contributed by atoms with Gasteiger partial charge in [-0.1, -0.05) is 65.7 Å². The second kappa shape index (κ2) is 8.71. The summed E-state index contributed by atoms with van der Waals surface area (Å²) < 4.78 is 0. The lowest BCUT2D eigenvalue weighted by molar-refractivity contribution is -0.117. The highest BCUT2D eigenvalue weighted by atomic mass is 35.5. The highest BCUT2D eigenvalue weighted by Crippen LogP contribution is 2.36. The third-order valence-corrected chi connectivity index (χ3v) is 6.62. The van der Waals surface area contributed by atoms with Crippen LogP contribution in [0, 0.1) is 0 Å². The Hall–Kier alpha value is -2.48. The van der Waals surface area contributed by atoms with Gasteiger partial charge < -0.3 is 4.90 Å². The van der Waals surface area contributed by atoms with Crippen molar-refractivity contribution in [2.24, 2.45) is 0 Å². The Morgan fingerprint density at radius 3 is 2.63 bits per heavy atom. The minimum Gasteiger partial charge on any atom is -0.311 e. The van der Waals surface area contributed by atoms with Gasteiger partial charge >= 0.3 is 0 Å². The van der Waals surface area contributed by atoms with Crippen molar-refractivity contribution in [2.45, 2.75) is 25.7 Å². The van der Waals surface area contributed by atoms with Crippen molar-refractivity contribution in [1.29, 1.82) is 0 Å². The SMILES string of the molecule is CCc1ccccc1N1CC(c2nnc(NC(=O)c3c(Cl)cccc3Cl)s2)CC1=O. The molecule has 0 aliphatic carbocycles. The standard InChI is InChI=1S/C21H18Cl2N4O2S/c1-2-12-6-3-4-9-16(12)27-11-13(10-17(27)28)20-25-26-21(30-20)24-19(29)18-14(22)7-5-8-15(18)23/h3-9,13H,2,10-11H2,1H3,(H,24,26,29). The summed E-state index contributed by atoms with van der Waals surface area (Å²) in [7, 11) is 0. The molecule has 6 nitrogen and oxygen atoms in total. The van der Waals surface area contributed by atoms with Gasteiger partial charge in [0.1, 0.15) is 5.01 Å². The van der Waals surface area contributed by atoms with Crippen molar-refractivity contribution < 1.29 is 9.59 Å². The lowest BCUT2D eigenvalue weighted by Crippen LogP contribution is -2.25. The van der Waals surface area contributed by atoms with Crippen LogP contribution < -0.4 is 10.2 Å². The first kappa shape index (κ1) is 20.8. The molecule has 2 heterocycles. The predicted octanol–water partition coefficient (Wildman–Crippen LogP) is 5.18. The Morgan fingerprint density at radius 2 is 1.90 bits per heavy atom. The van der Waals surface area contributed by atoms with Crippen molar-refractivity contribution in [3.63, 3.8) is 0 Å². The molecule has 3 aromatic rings. The Balaban J connectivity index is 1.49. The van der Waals surface area contributed by atoms with E-state index in [0.29, 0.717) is 23.1 Å². The molecule has 1 atom stereocenters. The second-order valence-electron chi connectivity index (χ2n) is 6.88. The fourth-order valence-electron chi connectivity index (χ4n) is 3.50. The first-order valence-electron chi connectivity index (χ1n) is 9.45. The van der Waals surface area contributed by atoms with Crippen LogP contribution in [0.1, 0.15) is 40.2 Å². The molecule has 1 aliphatic heterocycles. The van der Waals surface area contributed by atoms with Crippen molar-refractivity contribution >= 4 is 57.2 Å². The van der Waals surface area contributed by atoms with E-state index in [1.54, 1.807) is 18.2 Å². The molecule has 154 valence electrons. The molecular weight excluding hydrogens is 443 g/mol. The van der Waals surface area contributed by atoms with E-state index < -0.39 is 5.91 Å². The van der Waals surface area contributed by atoms with E-state index in [4.69, 9.17) is 23.2 Å². The fraction of sp³-hybridized carbons (Fsp3) is 0.238. The van der Waals surface area contributed by atoms with Gasteiger partial charge in [-0.25, -0.2) is 0 Å². The number of halogens is 2. The Labute approximate surface area is 187 Å². The summed E-state index contributed by atoms with van der Waals surface area (Å²) in [6, 6.07) is 12.8. The first-order valence-corrected chi connectivity index (χ1v) is 11.0. The zero-order valence-electron chi connectivity index (χ0n) is 16.1. The van der Waals surface area contributed by atoms with Crippen LogP contribution in [0.15, 0.2) is 42.5 Å². The zero-order valence-corrected chi connectivity index (χ0v) is 18.4. The number of carbonyl (C=O) groups excluding carboxylic acids is 2. The van der Waals surface area contributed by atoms with Gasteiger partial charge in [-0.15, -0.1) is 10.2 Å². The molecule has 0 spiro atoms. The lowest BCUT2D eigenvalue weighted by atomic mass is 10.1. The molecule has 9 heteroatoms. The molecule has 1 saturated heterocycles. The summed E-state index contributed by atoms with van der Waals surface area (Å²) in [5, 5.41) is 12.5. The highest BCUT2D eigenvalue weighted by molar-refractivity contribution is 7.15. The van der Waals surface area contributed by atoms with Crippen LogP contribution in [0.4, 0.5) is 10.8 Å². The second-order valence-corrected chi connectivity index (χ2v) is 8.71. The van der Waals surface area contributed by atoms with Crippen molar-refractivity contribution in [3.8, 4) is 0 Å². The average molecular weight is 461 g/mol. The lowest BCUT2D eigenvalue weighted by Gasteiger charge is -2.19. The monoisotopic (exact) mass is 460 g/mol. The maximum Gasteiger partial charge on any atom is 0.260 e. The Bertz CT molecular complexity index is 1100. The van der Waals surface area contributed by atoms with Gasteiger partial charge in [0.2, 0.25) is 11.0 Å². The molecule has 1 fully saturated rings. The third kappa shape index (κ3) is 4.05. The van der Waals surface area contributed by atoms with Crippen LogP contribution in [0.2, 0.25) is 10.0 Å². The number of amides is 2. The topological polar surface area (TPSA) is 75.2 Å². The third-order valence-electron chi connectivity index (χ3n) is 4.99. The van der Waals surface area contributed by atoms with Crippen LogP contribution in [-0.2, 0) is 11.2 Å². The van der Waals surface area contributed by atoms with Crippen LogP contribution in [0.3, 0.4) is 0 Å². The van der Waals surface area contributed by atoms with Crippen LogP contribution >= 0.6 is 34.5 Å². The number of aromatic nitrogens is 2.